The molecule has 1 aliphatic rings. The van der Waals surface area contributed by atoms with E-state index >= 15 is 0 Å². The largest absolute Gasteiger partial charge is 0.466 e. The fourth-order valence-electron chi connectivity index (χ4n) is 6.32. The van der Waals surface area contributed by atoms with Gasteiger partial charge in [0.05, 0.1) is 24.3 Å². The van der Waals surface area contributed by atoms with Crippen molar-refractivity contribution in [1.29, 1.82) is 0 Å². The van der Waals surface area contributed by atoms with E-state index < -0.39 is 0 Å². The van der Waals surface area contributed by atoms with Crippen molar-refractivity contribution in [2.24, 2.45) is 5.92 Å². The van der Waals surface area contributed by atoms with Gasteiger partial charge in [0.1, 0.15) is 0 Å². The first-order chi connectivity index (χ1) is 20.5. The van der Waals surface area contributed by atoms with Gasteiger partial charge in [0.2, 0.25) is 0 Å². The van der Waals surface area contributed by atoms with Gasteiger partial charge in [0.15, 0.2) is 0 Å². The van der Waals surface area contributed by atoms with Crippen LogP contribution in [0.4, 0.5) is 5.69 Å². The van der Waals surface area contributed by atoms with E-state index in [2.05, 4.69) is 54.3 Å². The Morgan fingerprint density at radius 2 is 1.48 bits per heavy atom. The third kappa shape index (κ3) is 5.49. The Labute approximate surface area is 246 Å². The van der Waals surface area contributed by atoms with Gasteiger partial charge in [-0.25, -0.2) is 4.79 Å². The highest BCUT2D eigenvalue weighted by Gasteiger charge is 2.33. The number of carbonyl (C=O) groups excluding carboxylic acids is 1. The van der Waals surface area contributed by atoms with Crippen LogP contribution in [-0.4, -0.2) is 34.8 Å². The molecule has 2 heterocycles. The van der Waals surface area contributed by atoms with E-state index in [0.29, 0.717) is 6.61 Å². The summed E-state index contributed by atoms with van der Waals surface area (Å²) >= 11 is 0. The summed E-state index contributed by atoms with van der Waals surface area (Å²) in [6.07, 6.45) is 5.54. The summed E-state index contributed by atoms with van der Waals surface area (Å²) in [5, 5.41) is 2.36. The average molecular weight is 560 g/mol. The van der Waals surface area contributed by atoms with Gasteiger partial charge >= 0.3 is 11.7 Å². The molecule has 6 nitrogen and oxygen atoms in total. The number of hydrogen-bond acceptors (Lipinski definition) is 4. The summed E-state index contributed by atoms with van der Waals surface area (Å²) in [7, 11) is 0. The molecule has 2 atom stereocenters. The number of fused-ring (bicyclic) bond motifs is 1. The van der Waals surface area contributed by atoms with Crippen LogP contribution in [0.25, 0.3) is 16.5 Å². The molecule has 6 rings (SSSR count). The SMILES string of the molecule is CCOC(=O)C(c1ccccc1)C1CCN(c2ccc(-n3ccn([C@@H](C)c4ccc5ccccc5c4)c3=O)cc2)CC1. The minimum absolute atomic E-state index is 0.0601. The van der Waals surface area contributed by atoms with Crippen molar-refractivity contribution < 1.29 is 9.53 Å². The van der Waals surface area contributed by atoms with Gasteiger partial charge in [-0.1, -0.05) is 66.7 Å². The number of nitrogens with zero attached hydrogens (tertiary/aromatic N) is 3. The van der Waals surface area contributed by atoms with E-state index in [-0.39, 0.29) is 29.5 Å². The van der Waals surface area contributed by atoms with Crippen LogP contribution in [-0.2, 0) is 9.53 Å². The quantitative estimate of drug-likeness (QED) is 0.193. The number of rotatable bonds is 8. The number of benzene rings is 4. The first-order valence-electron chi connectivity index (χ1n) is 14.9. The number of imidazole rings is 1. The molecule has 0 bridgehead atoms. The highest BCUT2D eigenvalue weighted by atomic mass is 16.5. The van der Waals surface area contributed by atoms with Gasteiger partial charge in [-0.2, -0.15) is 0 Å². The molecule has 0 spiro atoms. The Kier molecular flexibility index (Phi) is 7.95. The lowest BCUT2D eigenvalue weighted by molar-refractivity contribution is -0.146. The second kappa shape index (κ2) is 12.1. The minimum Gasteiger partial charge on any atom is -0.466 e. The minimum atomic E-state index is -0.233. The molecule has 1 fully saturated rings. The molecular formula is C36H37N3O3. The van der Waals surface area contributed by atoms with Crippen LogP contribution in [0.3, 0.4) is 0 Å². The molecule has 0 radical (unpaired) electrons. The van der Waals surface area contributed by atoms with Crippen molar-refractivity contribution in [3.8, 4) is 5.69 Å². The van der Waals surface area contributed by atoms with Crippen molar-refractivity contribution >= 4 is 22.4 Å². The van der Waals surface area contributed by atoms with E-state index in [1.54, 1.807) is 9.13 Å². The summed E-state index contributed by atoms with van der Waals surface area (Å²) in [6, 6.07) is 32.8. The number of piperidine rings is 1. The highest BCUT2D eigenvalue weighted by Crippen LogP contribution is 2.35. The predicted molar refractivity (Wildman–Crippen MR) is 169 cm³/mol. The predicted octanol–water partition coefficient (Wildman–Crippen LogP) is 6.96. The number of anilines is 1. The Morgan fingerprint density at radius 1 is 0.810 bits per heavy atom. The van der Waals surface area contributed by atoms with Crippen LogP contribution >= 0.6 is 0 Å². The van der Waals surface area contributed by atoms with Gasteiger partial charge in [0.25, 0.3) is 0 Å². The van der Waals surface area contributed by atoms with Gasteiger partial charge in [-0.3, -0.25) is 13.9 Å². The number of ether oxygens (including phenoxy) is 1. The van der Waals surface area contributed by atoms with Crippen molar-refractivity contribution in [3.63, 3.8) is 0 Å². The second-order valence-corrected chi connectivity index (χ2v) is 11.1. The van der Waals surface area contributed by atoms with Gasteiger partial charge in [-0.15, -0.1) is 0 Å². The molecule has 0 amide bonds. The van der Waals surface area contributed by atoms with Crippen molar-refractivity contribution in [2.45, 2.75) is 38.6 Å². The maximum Gasteiger partial charge on any atom is 0.333 e. The molecule has 0 N–H and O–H groups in total. The molecule has 42 heavy (non-hydrogen) atoms. The Hall–Kier alpha value is -4.58. The van der Waals surface area contributed by atoms with E-state index in [1.807, 2.05) is 73.9 Å². The van der Waals surface area contributed by atoms with Crippen molar-refractivity contribution in [1.82, 2.24) is 9.13 Å². The maximum atomic E-state index is 13.4. The standard InChI is InChI=1S/C36H37N3O3/c1-3-42-35(40)34(28-10-5-4-6-11-28)29-19-21-37(22-20-29)32-15-17-33(18-16-32)39-24-23-38(36(39)41)26(2)30-14-13-27-9-7-8-12-31(27)25-30/h4-18,23-26,29,34H,3,19-22H2,1-2H3/t26-,34?/m0/s1. The molecular weight excluding hydrogens is 522 g/mol. The van der Waals surface area contributed by atoms with Crippen molar-refractivity contribution in [2.75, 3.05) is 24.6 Å². The number of esters is 1. The van der Waals surface area contributed by atoms with E-state index in [0.717, 1.165) is 48.4 Å². The van der Waals surface area contributed by atoms with Crippen LogP contribution < -0.4 is 10.6 Å². The number of hydrogen-bond donors (Lipinski definition) is 0. The van der Waals surface area contributed by atoms with Crippen LogP contribution in [0, 0.1) is 5.92 Å². The Morgan fingerprint density at radius 3 is 2.19 bits per heavy atom. The Bertz CT molecular complexity index is 1710. The zero-order chi connectivity index (χ0) is 29.1. The summed E-state index contributed by atoms with van der Waals surface area (Å²) in [4.78, 5) is 28.7. The van der Waals surface area contributed by atoms with Gasteiger partial charge < -0.3 is 9.64 Å². The lowest BCUT2D eigenvalue weighted by Gasteiger charge is -2.36. The molecule has 5 aromatic rings. The highest BCUT2D eigenvalue weighted by molar-refractivity contribution is 5.83. The van der Waals surface area contributed by atoms with Gasteiger partial charge in [0, 0.05) is 31.2 Å². The summed E-state index contributed by atoms with van der Waals surface area (Å²) in [5.74, 6) is -0.118. The average Bonchev–Trinajstić information content (AvgIpc) is 3.42. The van der Waals surface area contributed by atoms with Crippen LogP contribution in [0.1, 0.15) is 49.8 Å². The summed E-state index contributed by atoms with van der Waals surface area (Å²) in [5.41, 5.74) is 4.04. The maximum absolute atomic E-state index is 13.4. The molecule has 0 saturated carbocycles. The molecule has 214 valence electrons. The normalized spacial score (nSPS) is 15.4. The molecule has 1 aromatic heterocycles. The monoisotopic (exact) mass is 559 g/mol. The van der Waals surface area contributed by atoms with Crippen molar-refractivity contribution in [3.05, 3.63) is 131 Å². The molecule has 1 aliphatic heterocycles. The van der Waals surface area contributed by atoms with Crippen LogP contribution in [0.5, 0.6) is 0 Å². The first kappa shape index (κ1) is 27.6. The molecule has 0 aliphatic carbocycles. The topological polar surface area (TPSA) is 56.5 Å². The second-order valence-electron chi connectivity index (χ2n) is 11.1. The van der Waals surface area contributed by atoms with E-state index in [4.69, 9.17) is 4.74 Å². The van der Waals surface area contributed by atoms with Crippen LogP contribution in [0.15, 0.2) is 114 Å². The molecule has 4 aromatic carbocycles. The Balaban J connectivity index is 1.14. The third-order valence-electron chi connectivity index (χ3n) is 8.68. The number of aromatic nitrogens is 2. The fraction of sp³-hybridized carbons (Fsp3) is 0.278. The van der Waals surface area contributed by atoms with Gasteiger partial charge in [-0.05, 0) is 84.8 Å². The zero-order valence-electron chi connectivity index (χ0n) is 24.2. The van der Waals surface area contributed by atoms with E-state index in [9.17, 15) is 9.59 Å². The zero-order valence-corrected chi connectivity index (χ0v) is 24.2. The number of carbonyl (C=O) groups is 1. The lowest BCUT2D eigenvalue weighted by Crippen LogP contribution is -2.37. The summed E-state index contributed by atoms with van der Waals surface area (Å²) in [6.45, 7) is 6.05. The fourth-order valence-corrected chi connectivity index (χ4v) is 6.32. The van der Waals surface area contributed by atoms with E-state index in [1.165, 1.54) is 10.8 Å². The molecule has 1 saturated heterocycles. The third-order valence-corrected chi connectivity index (χ3v) is 8.68. The van der Waals surface area contributed by atoms with Crippen LogP contribution in [0.2, 0.25) is 0 Å². The summed E-state index contributed by atoms with van der Waals surface area (Å²) < 4.78 is 8.96. The molecule has 6 heteroatoms. The first-order valence-corrected chi connectivity index (χ1v) is 14.9. The lowest BCUT2D eigenvalue weighted by atomic mass is 9.80. The smallest absolute Gasteiger partial charge is 0.333 e. The molecule has 1 unspecified atom stereocenters.